The minimum absolute atomic E-state index is 0.00981. The van der Waals surface area contributed by atoms with E-state index in [2.05, 4.69) is 19.9 Å². The first-order chi connectivity index (χ1) is 6.50. The zero-order valence-electron chi connectivity index (χ0n) is 9.05. The standard InChI is InChI=1S/C12H18ClN/c1-8(2)6-10-4-5-11(9(3)14)12(13)7-10/h4-5,7-9H,6,14H2,1-3H3. The van der Waals surface area contributed by atoms with Crippen molar-refractivity contribution in [2.24, 2.45) is 11.7 Å². The van der Waals surface area contributed by atoms with Crippen molar-refractivity contribution in [1.29, 1.82) is 0 Å². The smallest absolute Gasteiger partial charge is 0.0456 e. The molecule has 0 saturated carbocycles. The molecule has 0 aliphatic carbocycles. The summed E-state index contributed by atoms with van der Waals surface area (Å²) in [5, 5.41) is 0.790. The van der Waals surface area contributed by atoms with Crippen LogP contribution in [0.4, 0.5) is 0 Å². The number of nitrogens with two attached hydrogens (primary N) is 1. The molecule has 0 heterocycles. The highest BCUT2D eigenvalue weighted by Gasteiger charge is 2.06. The fraction of sp³-hybridized carbons (Fsp3) is 0.500. The summed E-state index contributed by atoms with van der Waals surface area (Å²) < 4.78 is 0. The van der Waals surface area contributed by atoms with Gasteiger partial charge in [0.15, 0.2) is 0 Å². The van der Waals surface area contributed by atoms with Gasteiger partial charge < -0.3 is 5.73 Å². The maximum atomic E-state index is 6.13. The van der Waals surface area contributed by atoms with Gasteiger partial charge in [-0.15, -0.1) is 0 Å². The van der Waals surface area contributed by atoms with Crippen LogP contribution in [-0.4, -0.2) is 0 Å². The average molecular weight is 212 g/mol. The minimum Gasteiger partial charge on any atom is -0.324 e. The van der Waals surface area contributed by atoms with E-state index in [0.29, 0.717) is 5.92 Å². The summed E-state index contributed by atoms with van der Waals surface area (Å²) in [5.41, 5.74) is 8.09. The quantitative estimate of drug-likeness (QED) is 0.813. The second-order valence-corrected chi connectivity index (χ2v) is 4.65. The molecule has 1 atom stereocenters. The Balaban J connectivity index is 2.89. The molecule has 0 saturated heterocycles. The van der Waals surface area contributed by atoms with Gasteiger partial charge in [-0.25, -0.2) is 0 Å². The molecule has 0 radical (unpaired) electrons. The lowest BCUT2D eigenvalue weighted by atomic mass is 10.00. The molecule has 0 amide bonds. The first kappa shape index (κ1) is 11.5. The van der Waals surface area contributed by atoms with Gasteiger partial charge in [-0.2, -0.15) is 0 Å². The second kappa shape index (κ2) is 4.81. The highest BCUT2D eigenvalue weighted by molar-refractivity contribution is 6.31. The van der Waals surface area contributed by atoms with Crippen LogP contribution in [0.3, 0.4) is 0 Å². The third-order valence-corrected chi connectivity index (χ3v) is 2.53. The van der Waals surface area contributed by atoms with Gasteiger partial charge in [0.25, 0.3) is 0 Å². The summed E-state index contributed by atoms with van der Waals surface area (Å²) in [6.07, 6.45) is 1.07. The fourth-order valence-corrected chi connectivity index (χ4v) is 1.91. The third-order valence-electron chi connectivity index (χ3n) is 2.20. The van der Waals surface area contributed by atoms with Gasteiger partial charge in [0.2, 0.25) is 0 Å². The normalized spacial score (nSPS) is 13.3. The molecular formula is C12H18ClN. The Morgan fingerprint density at radius 1 is 1.29 bits per heavy atom. The van der Waals surface area contributed by atoms with Crippen LogP contribution >= 0.6 is 11.6 Å². The van der Waals surface area contributed by atoms with E-state index in [1.165, 1.54) is 5.56 Å². The number of rotatable bonds is 3. The van der Waals surface area contributed by atoms with Gasteiger partial charge in [0.1, 0.15) is 0 Å². The minimum atomic E-state index is 0.00981. The summed E-state index contributed by atoms with van der Waals surface area (Å²) in [6, 6.07) is 6.19. The van der Waals surface area contributed by atoms with Crippen LogP contribution in [0.1, 0.15) is 37.9 Å². The number of halogens is 1. The lowest BCUT2D eigenvalue weighted by Crippen LogP contribution is -2.06. The zero-order chi connectivity index (χ0) is 10.7. The molecule has 0 aliphatic rings. The van der Waals surface area contributed by atoms with Gasteiger partial charge in [0, 0.05) is 11.1 Å². The Labute approximate surface area is 91.3 Å². The lowest BCUT2D eigenvalue weighted by Gasteiger charge is -2.11. The van der Waals surface area contributed by atoms with Crippen molar-refractivity contribution in [3.05, 3.63) is 34.3 Å². The molecular weight excluding hydrogens is 194 g/mol. The number of hydrogen-bond acceptors (Lipinski definition) is 1. The summed E-state index contributed by atoms with van der Waals surface area (Å²) in [4.78, 5) is 0. The predicted octanol–water partition coefficient (Wildman–Crippen LogP) is 3.56. The lowest BCUT2D eigenvalue weighted by molar-refractivity contribution is 0.647. The third kappa shape index (κ3) is 3.00. The fourth-order valence-electron chi connectivity index (χ4n) is 1.54. The van der Waals surface area contributed by atoms with Crippen LogP contribution in [-0.2, 0) is 6.42 Å². The molecule has 1 aromatic rings. The average Bonchev–Trinajstić information content (AvgIpc) is 2.01. The van der Waals surface area contributed by atoms with E-state index in [0.717, 1.165) is 17.0 Å². The molecule has 1 rings (SSSR count). The van der Waals surface area contributed by atoms with Crippen LogP contribution in [0.15, 0.2) is 18.2 Å². The van der Waals surface area contributed by atoms with Crippen molar-refractivity contribution in [3.8, 4) is 0 Å². The Morgan fingerprint density at radius 3 is 2.36 bits per heavy atom. The van der Waals surface area contributed by atoms with Crippen molar-refractivity contribution < 1.29 is 0 Å². The molecule has 1 unspecified atom stereocenters. The van der Waals surface area contributed by atoms with Crippen LogP contribution in [0.5, 0.6) is 0 Å². The maximum absolute atomic E-state index is 6.13. The Morgan fingerprint density at radius 2 is 1.93 bits per heavy atom. The first-order valence-electron chi connectivity index (χ1n) is 5.04. The SMILES string of the molecule is CC(C)Cc1ccc(C(C)N)c(Cl)c1. The van der Waals surface area contributed by atoms with E-state index < -0.39 is 0 Å². The van der Waals surface area contributed by atoms with E-state index in [1.807, 2.05) is 19.1 Å². The van der Waals surface area contributed by atoms with E-state index in [1.54, 1.807) is 0 Å². The molecule has 0 aromatic heterocycles. The first-order valence-corrected chi connectivity index (χ1v) is 5.42. The van der Waals surface area contributed by atoms with Crippen molar-refractivity contribution >= 4 is 11.6 Å². The summed E-state index contributed by atoms with van der Waals surface area (Å²) >= 11 is 6.13. The largest absolute Gasteiger partial charge is 0.324 e. The van der Waals surface area contributed by atoms with Crippen LogP contribution in [0.25, 0.3) is 0 Å². The predicted molar refractivity (Wildman–Crippen MR) is 62.6 cm³/mol. The monoisotopic (exact) mass is 211 g/mol. The van der Waals surface area contributed by atoms with Gasteiger partial charge >= 0.3 is 0 Å². The molecule has 2 heteroatoms. The molecule has 1 nitrogen and oxygen atoms in total. The Bertz CT molecular complexity index is 305. The van der Waals surface area contributed by atoms with Gasteiger partial charge in [-0.3, -0.25) is 0 Å². The molecule has 1 aromatic carbocycles. The van der Waals surface area contributed by atoms with E-state index in [-0.39, 0.29) is 6.04 Å². The van der Waals surface area contributed by atoms with Gasteiger partial charge in [-0.1, -0.05) is 37.6 Å². The van der Waals surface area contributed by atoms with Crippen molar-refractivity contribution in [2.75, 3.05) is 0 Å². The number of hydrogen-bond donors (Lipinski definition) is 1. The summed E-state index contributed by atoms with van der Waals surface area (Å²) in [7, 11) is 0. The molecule has 0 aliphatic heterocycles. The Kier molecular flexibility index (Phi) is 3.97. The molecule has 2 N–H and O–H groups in total. The van der Waals surface area contributed by atoms with Crippen molar-refractivity contribution in [1.82, 2.24) is 0 Å². The highest BCUT2D eigenvalue weighted by atomic mass is 35.5. The van der Waals surface area contributed by atoms with Crippen LogP contribution in [0, 0.1) is 5.92 Å². The molecule has 0 fully saturated rings. The maximum Gasteiger partial charge on any atom is 0.0456 e. The van der Waals surface area contributed by atoms with Gasteiger partial charge in [0.05, 0.1) is 0 Å². The topological polar surface area (TPSA) is 26.0 Å². The van der Waals surface area contributed by atoms with Crippen molar-refractivity contribution in [2.45, 2.75) is 33.2 Å². The second-order valence-electron chi connectivity index (χ2n) is 4.24. The van der Waals surface area contributed by atoms with E-state index >= 15 is 0 Å². The van der Waals surface area contributed by atoms with Crippen molar-refractivity contribution in [3.63, 3.8) is 0 Å². The van der Waals surface area contributed by atoms with Crippen LogP contribution in [0.2, 0.25) is 5.02 Å². The Hall–Kier alpha value is -0.530. The molecule has 0 bridgehead atoms. The van der Waals surface area contributed by atoms with E-state index in [4.69, 9.17) is 17.3 Å². The molecule has 14 heavy (non-hydrogen) atoms. The number of benzene rings is 1. The summed E-state index contributed by atoms with van der Waals surface area (Å²) in [5.74, 6) is 0.659. The molecule has 78 valence electrons. The highest BCUT2D eigenvalue weighted by Crippen LogP contribution is 2.23. The zero-order valence-corrected chi connectivity index (χ0v) is 9.81. The van der Waals surface area contributed by atoms with Gasteiger partial charge in [-0.05, 0) is 36.5 Å². The molecule has 0 spiro atoms. The summed E-state index contributed by atoms with van der Waals surface area (Å²) in [6.45, 7) is 6.35. The van der Waals surface area contributed by atoms with E-state index in [9.17, 15) is 0 Å². The van der Waals surface area contributed by atoms with Crippen LogP contribution < -0.4 is 5.73 Å².